The number of hydrogen-bond acceptors (Lipinski definition) is 10. The van der Waals surface area contributed by atoms with Gasteiger partial charge in [-0.25, -0.2) is 9.59 Å². The standard InChI is InChI=1S/C20H31F2NO4SSi.C14H17F2NO4S/c1-19(2,3)29(5,6)27-13-14-12-20(21,22)18(25)23(14)11-7-8-15-9-10-16(28-15)17(24)26-4;1-21-12(19)11-5-4-10(22-11)3-2-6-17-9(8-18)7-14(15,16)13(17)20/h9-10,14H,7-8,11-13H2,1-6H3;4-5,9,18H,2-3,6-8H2,1H3/t14-;9-/m11/s1. The van der Waals surface area contributed by atoms with Crippen LogP contribution < -0.4 is 0 Å². The van der Waals surface area contributed by atoms with Crippen LogP contribution in [0.5, 0.6) is 0 Å². The Bertz CT molecular complexity index is 1530. The number of aliphatic hydroxyl groups excluding tert-OH is 1. The van der Waals surface area contributed by atoms with Crippen molar-refractivity contribution in [3.8, 4) is 0 Å². The van der Waals surface area contributed by atoms with Gasteiger partial charge in [0.05, 0.1) is 39.5 Å². The molecule has 0 spiro atoms. The molecule has 1 N–H and O–H groups in total. The van der Waals surface area contributed by atoms with Crippen LogP contribution >= 0.6 is 22.7 Å². The summed E-state index contributed by atoms with van der Waals surface area (Å²) in [4.78, 5) is 51.8. The van der Waals surface area contributed by atoms with Crippen LogP contribution in [-0.4, -0.2) is 111 Å². The van der Waals surface area contributed by atoms with Crippen molar-refractivity contribution >= 4 is 54.7 Å². The summed E-state index contributed by atoms with van der Waals surface area (Å²) >= 11 is 2.60. The van der Waals surface area contributed by atoms with E-state index < -0.39 is 75.4 Å². The molecular weight excluding hydrogens is 733 g/mol. The summed E-state index contributed by atoms with van der Waals surface area (Å²) in [5, 5.41) is 9.09. The van der Waals surface area contributed by atoms with Crippen LogP contribution in [0.1, 0.15) is 75.6 Å². The van der Waals surface area contributed by atoms with Crippen LogP contribution in [0.15, 0.2) is 24.3 Å². The molecular formula is C34H48F4N2O8S2Si. The van der Waals surface area contributed by atoms with E-state index in [1.54, 1.807) is 18.2 Å². The van der Waals surface area contributed by atoms with Crippen LogP contribution in [0, 0.1) is 0 Å². The van der Waals surface area contributed by atoms with E-state index in [1.165, 1.54) is 41.8 Å². The first-order valence-electron chi connectivity index (χ1n) is 16.6. The number of carbonyl (C=O) groups is 4. The lowest BCUT2D eigenvalue weighted by atomic mass is 10.2. The summed E-state index contributed by atoms with van der Waals surface area (Å²) in [7, 11) is 0.537. The van der Waals surface area contributed by atoms with Crippen LogP contribution in [0.2, 0.25) is 18.1 Å². The summed E-state index contributed by atoms with van der Waals surface area (Å²) in [5.41, 5.74) is 0. The second-order valence-corrected chi connectivity index (χ2v) is 21.2. The van der Waals surface area contributed by atoms with E-state index in [4.69, 9.17) is 9.53 Å². The van der Waals surface area contributed by atoms with E-state index >= 15 is 0 Å². The number of carbonyl (C=O) groups excluding carboxylic acids is 4. The van der Waals surface area contributed by atoms with Gasteiger partial charge in [0.1, 0.15) is 9.75 Å². The lowest BCUT2D eigenvalue weighted by Crippen LogP contribution is -2.45. The molecule has 2 amide bonds. The van der Waals surface area contributed by atoms with Gasteiger partial charge in [-0.05, 0) is 68.1 Å². The molecule has 2 saturated heterocycles. The first-order chi connectivity index (χ1) is 23.7. The predicted molar refractivity (Wildman–Crippen MR) is 188 cm³/mol. The maximum absolute atomic E-state index is 14.1. The molecule has 0 aliphatic carbocycles. The van der Waals surface area contributed by atoms with Crippen LogP contribution in [-0.2, 0) is 36.3 Å². The topological polar surface area (TPSA) is 123 Å². The average molecular weight is 781 g/mol. The fourth-order valence-corrected chi connectivity index (χ4v) is 8.41. The summed E-state index contributed by atoms with van der Waals surface area (Å²) in [6, 6.07) is 5.52. The Morgan fingerprint density at radius 3 is 1.63 bits per heavy atom. The Labute approximate surface area is 305 Å². The van der Waals surface area contributed by atoms with Gasteiger partial charge in [0, 0.05) is 35.7 Å². The second kappa shape index (κ2) is 17.3. The van der Waals surface area contributed by atoms with E-state index in [0.717, 1.165) is 14.7 Å². The molecule has 10 nitrogen and oxygen atoms in total. The van der Waals surface area contributed by atoms with Crippen LogP contribution in [0.4, 0.5) is 17.6 Å². The number of amides is 2. The van der Waals surface area contributed by atoms with Crippen molar-refractivity contribution < 1.29 is 55.7 Å². The molecule has 2 aliphatic heterocycles. The zero-order valence-electron chi connectivity index (χ0n) is 30.1. The molecule has 0 aromatic carbocycles. The van der Waals surface area contributed by atoms with E-state index in [2.05, 4.69) is 43.3 Å². The SMILES string of the molecule is COC(=O)c1ccc(CCCN2C(=O)C(F)(F)C[C@@H]2CO)s1.COC(=O)c1ccc(CCCN2C(=O)C(F)(F)C[C@@H]2CO[Si](C)(C)C(C)(C)C)s1. The van der Waals surface area contributed by atoms with Gasteiger partial charge in [-0.2, -0.15) is 17.6 Å². The number of alkyl halides is 4. The van der Waals surface area contributed by atoms with Gasteiger partial charge < -0.3 is 28.8 Å². The van der Waals surface area contributed by atoms with Gasteiger partial charge in [-0.15, -0.1) is 22.7 Å². The van der Waals surface area contributed by atoms with Crippen molar-refractivity contribution in [2.24, 2.45) is 0 Å². The molecule has 4 heterocycles. The van der Waals surface area contributed by atoms with Crippen LogP contribution in [0.3, 0.4) is 0 Å². The Hall–Kier alpha value is -2.86. The monoisotopic (exact) mass is 780 g/mol. The Balaban J connectivity index is 0.000000286. The minimum absolute atomic E-state index is 0.0283. The van der Waals surface area contributed by atoms with Gasteiger partial charge in [0.25, 0.3) is 11.8 Å². The maximum atomic E-state index is 14.1. The number of nitrogens with zero attached hydrogens (tertiary/aromatic N) is 2. The molecule has 0 saturated carbocycles. The number of likely N-dealkylation sites (tertiary alicyclic amines) is 2. The first-order valence-corrected chi connectivity index (χ1v) is 21.2. The predicted octanol–water partition coefficient (Wildman–Crippen LogP) is 6.42. The van der Waals surface area contributed by atoms with Gasteiger partial charge in [-0.3, -0.25) is 9.59 Å². The molecule has 0 unspecified atom stereocenters. The van der Waals surface area contributed by atoms with Gasteiger partial charge >= 0.3 is 23.8 Å². The number of ether oxygens (including phenoxy) is 2. The summed E-state index contributed by atoms with van der Waals surface area (Å²) in [6.45, 7) is 10.5. The minimum atomic E-state index is -3.38. The van der Waals surface area contributed by atoms with E-state index in [0.29, 0.717) is 35.4 Å². The highest BCUT2D eigenvalue weighted by atomic mass is 32.1. The molecule has 2 atom stereocenters. The third-order valence-corrected chi connectivity index (χ3v) is 16.2. The number of methoxy groups -OCH3 is 2. The molecule has 2 aliphatic rings. The largest absolute Gasteiger partial charge is 0.465 e. The molecule has 17 heteroatoms. The molecule has 0 bridgehead atoms. The fourth-order valence-electron chi connectivity index (χ4n) is 5.43. The average Bonchev–Trinajstić information content (AvgIpc) is 3.83. The van der Waals surface area contributed by atoms with E-state index in [9.17, 15) is 36.7 Å². The Morgan fingerprint density at radius 1 is 0.824 bits per heavy atom. The van der Waals surface area contributed by atoms with Gasteiger partial charge in [0.15, 0.2) is 8.32 Å². The Kier molecular flexibility index (Phi) is 14.4. The third kappa shape index (κ3) is 10.8. The van der Waals surface area contributed by atoms with Crippen molar-refractivity contribution in [1.82, 2.24) is 9.80 Å². The summed E-state index contributed by atoms with van der Waals surface area (Å²) in [5.74, 6) is -9.84. The minimum Gasteiger partial charge on any atom is -0.465 e. The molecule has 286 valence electrons. The molecule has 2 aromatic heterocycles. The zero-order chi connectivity index (χ0) is 38.4. The number of thiophene rings is 2. The van der Waals surface area contributed by atoms with E-state index in [-0.39, 0.29) is 24.7 Å². The van der Waals surface area contributed by atoms with Crippen molar-refractivity contribution in [3.63, 3.8) is 0 Å². The third-order valence-electron chi connectivity index (χ3n) is 9.41. The van der Waals surface area contributed by atoms with Crippen LogP contribution in [0.25, 0.3) is 0 Å². The lowest BCUT2D eigenvalue weighted by Gasteiger charge is -2.37. The number of halogens is 4. The quantitative estimate of drug-likeness (QED) is 0.133. The smallest absolute Gasteiger partial charge is 0.348 e. The van der Waals surface area contributed by atoms with Crippen molar-refractivity contribution in [1.29, 1.82) is 0 Å². The zero-order valence-corrected chi connectivity index (χ0v) is 32.7. The van der Waals surface area contributed by atoms with Crippen molar-refractivity contribution in [2.45, 2.75) is 101 Å². The van der Waals surface area contributed by atoms with Crippen molar-refractivity contribution in [2.75, 3.05) is 40.5 Å². The van der Waals surface area contributed by atoms with Crippen molar-refractivity contribution in [3.05, 3.63) is 43.8 Å². The number of aryl methyl sites for hydroxylation is 2. The van der Waals surface area contributed by atoms with Gasteiger partial charge in [-0.1, -0.05) is 20.8 Å². The van der Waals surface area contributed by atoms with E-state index in [1.807, 2.05) is 6.07 Å². The van der Waals surface area contributed by atoms with Gasteiger partial charge in [0.2, 0.25) is 0 Å². The molecule has 4 rings (SSSR count). The number of rotatable bonds is 14. The summed E-state index contributed by atoms with van der Waals surface area (Å²) in [6.07, 6.45) is 1.07. The molecule has 2 aromatic rings. The number of aliphatic hydroxyl groups is 1. The highest BCUT2D eigenvalue weighted by molar-refractivity contribution is 7.14. The number of hydrogen-bond donors (Lipinski definition) is 1. The fraction of sp³-hybridized carbons (Fsp3) is 0.647. The maximum Gasteiger partial charge on any atom is 0.348 e. The highest BCUT2D eigenvalue weighted by Gasteiger charge is 2.54. The normalized spacial score (nSPS) is 20.0. The molecule has 2 fully saturated rings. The summed E-state index contributed by atoms with van der Waals surface area (Å²) < 4.78 is 70.3. The number of esters is 2. The lowest BCUT2D eigenvalue weighted by molar-refractivity contribution is -0.148. The second-order valence-electron chi connectivity index (χ2n) is 14.1. The first kappa shape index (κ1) is 42.5. The molecule has 51 heavy (non-hydrogen) atoms. The Morgan fingerprint density at radius 2 is 1.24 bits per heavy atom. The highest BCUT2D eigenvalue weighted by Crippen LogP contribution is 2.39. The molecule has 0 radical (unpaired) electrons.